The molecule has 0 spiro atoms. The van der Waals surface area contributed by atoms with Gasteiger partial charge in [-0.1, -0.05) is 30.6 Å². The van der Waals surface area contributed by atoms with Crippen molar-refractivity contribution in [3.63, 3.8) is 0 Å². The van der Waals surface area contributed by atoms with Crippen LogP contribution in [-0.4, -0.2) is 27.9 Å². The van der Waals surface area contributed by atoms with Crippen molar-refractivity contribution < 1.29 is 19.6 Å². The molecule has 0 aromatic carbocycles. The molecule has 1 atom stereocenters. The number of carboxylic acids is 1. The second kappa shape index (κ2) is 6.66. The fraction of sp³-hybridized carbons (Fsp3) is 0.538. The minimum absolute atomic E-state index is 0.0739. The van der Waals surface area contributed by atoms with E-state index in [1.807, 2.05) is 0 Å². The maximum absolute atomic E-state index is 12.1. The van der Waals surface area contributed by atoms with E-state index in [0.717, 1.165) is 43.4 Å². The number of rotatable bonds is 5. The Kier molecular flexibility index (Phi) is 4.89. The molecule has 114 valence electrons. The molecule has 7 nitrogen and oxygen atoms in total. The van der Waals surface area contributed by atoms with Crippen LogP contribution in [0.25, 0.3) is 0 Å². The number of carbonyl (C=O) groups excluding carboxylic acids is 1. The number of nitrogens with one attached hydrogen (secondary N) is 1. The Labute approximate surface area is 125 Å². The number of carboxylic acid groups (broad SMARTS) is 1. The van der Waals surface area contributed by atoms with Crippen molar-refractivity contribution >= 4 is 28.2 Å². The van der Waals surface area contributed by atoms with E-state index in [2.05, 4.69) is 5.32 Å². The molecule has 1 saturated carbocycles. The fourth-order valence-corrected chi connectivity index (χ4v) is 3.33. The standard InChI is InChI=1S/C13H16N2O5S/c16-12(9-6-7-10(21-9)15(19)20)14-11(13(17)18)8-4-2-1-3-5-8/h6-8,11H,1-5H2,(H,14,16)(H,17,18). The van der Waals surface area contributed by atoms with Crippen LogP contribution in [0.1, 0.15) is 41.8 Å². The average Bonchev–Trinajstić information content (AvgIpc) is 2.95. The van der Waals surface area contributed by atoms with Gasteiger partial charge in [0, 0.05) is 6.07 Å². The normalized spacial score (nSPS) is 17.1. The molecule has 2 rings (SSSR count). The summed E-state index contributed by atoms with van der Waals surface area (Å²) in [5, 5.41) is 22.3. The van der Waals surface area contributed by atoms with E-state index in [-0.39, 0.29) is 15.8 Å². The molecule has 1 aliphatic carbocycles. The van der Waals surface area contributed by atoms with Gasteiger partial charge < -0.3 is 10.4 Å². The smallest absolute Gasteiger partial charge is 0.326 e. The van der Waals surface area contributed by atoms with E-state index in [0.29, 0.717) is 0 Å². The van der Waals surface area contributed by atoms with Crippen molar-refractivity contribution in [3.05, 3.63) is 27.1 Å². The summed E-state index contributed by atoms with van der Waals surface area (Å²) in [6, 6.07) is 1.66. The lowest BCUT2D eigenvalue weighted by molar-refractivity contribution is -0.380. The second-order valence-corrected chi connectivity index (χ2v) is 6.14. The average molecular weight is 312 g/mol. The van der Waals surface area contributed by atoms with E-state index < -0.39 is 22.8 Å². The van der Waals surface area contributed by atoms with Gasteiger partial charge in [-0.05, 0) is 24.8 Å². The lowest BCUT2D eigenvalue weighted by Crippen LogP contribution is -2.46. The SMILES string of the molecule is O=C(NC(C(=O)O)C1CCCCC1)c1ccc([N+](=O)[O-])s1. The molecule has 1 heterocycles. The number of carbonyl (C=O) groups is 2. The van der Waals surface area contributed by atoms with Gasteiger partial charge in [0.05, 0.1) is 9.80 Å². The van der Waals surface area contributed by atoms with Crippen molar-refractivity contribution in [1.29, 1.82) is 0 Å². The summed E-state index contributed by atoms with van der Waals surface area (Å²) in [5.41, 5.74) is 0. The highest BCUT2D eigenvalue weighted by atomic mass is 32.1. The maximum Gasteiger partial charge on any atom is 0.326 e. The van der Waals surface area contributed by atoms with Crippen molar-refractivity contribution in [2.75, 3.05) is 0 Å². The van der Waals surface area contributed by atoms with Crippen LogP contribution < -0.4 is 5.32 Å². The first-order valence-corrected chi connectivity index (χ1v) is 7.58. The monoisotopic (exact) mass is 312 g/mol. The summed E-state index contributed by atoms with van der Waals surface area (Å²) in [7, 11) is 0. The molecule has 1 aromatic rings. The van der Waals surface area contributed by atoms with Gasteiger partial charge in [0.15, 0.2) is 0 Å². The Morgan fingerprint density at radius 1 is 1.33 bits per heavy atom. The van der Waals surface area contributed by atoms with E-state index >= 15 is 0 Å². The Morgan fingerprint density at radius 3 is 2.52 bits per heavy atom. The number of aliphatic carboxylic acids is 1. The highest BCUT2D eigenvalue weighted by Crippen LogP contribution is 2.28. The van der Waals surface area contributed by atoms with Gasteiger partial charge in [-0.2, -0.15) is 0 Å². The topological polar surface area (TPSA) is 110 Å². The van der Waals surface area contributed by atoms with Crippen LogP contribution >= 0.6 is 11.3 Å². The van der Waals surface area contributed by atoms with Crippen molar-refractivity contribution in [3.8, 4) is 0 Å². The Hall–Kier alpha value is -1.96. The van der Waals surface area contributed by atoms with Crippen LogP contribution in [0.15, 0.2) is 12.1 Å². The molecule has 21 heavy (non-hydrogen) atoms. The number of hydrogen-bond donors (Lipinski definition) is 2. The molecule has 1 aromatic heterocycles. The van der Waals surface area contributed by atoms with Crippen LogP contribution in [0.4, 0.5) is 5.00 Å². The first kappa shape index (κ1) is 15.4. The van der Waals surface area contributed by atoms with Gasteiger partial charge in [0.2, 0.25) is 0 Å². The Morgan fingerprint density at radius 2 is 2.00 bits per heavy atom. The highest BCUT2D eigenvalue weighted by Gasteiger charge is 2.31. The van der Waals surface area contributed by atoms with Gasteiger partial charge >= 0.3 is 11.0 Å². The van der Waals surface area contributed by atoms with Crippen molar-refractivity contribution in [1.82, 2.24) is 5.32 Å². The highest BCUT2D eigenvalue weighted by molar-refractivity contribution is 7.17. The van der Waals surface area contributed by atoms with E-state index in [1.165, 1.54) is 12.1 Å². The number of thiophene rings is 1. The Bertz CT molecular complexity index is 551. The summed E-state index contributed by atoms with van der Waals surface area (Å²) in [6.45, 7) is 0. The van der Waals surface area contributed by atoms with Gasteiger partial charge in [-0.15, -0.1) is 0 Å². The summed E-state index contributed by atoms with van der Waals surface area (Å²) in [4.78, 5) is 33.6. The van der Waals surface area contributed by atoms with Gasteiger partial charge in [0.1, 0.15) is 6.04 Å². The first-order chi connectivity index (χ1) is 9.99. The van der Waals surface area contributed by atoms with Crippen LogP contribution in [0, 0.1) is 16.0 Å². The molecule has 1 amide bonds. The number of nitrogens with zero attached hydrogens (tertiary/aromatic N) is 1. The van der Waals surface area contributed by atoms with Crippen LogP contribution in [-0.2, 0) is 4.79 Å². The van der Waals surface area contributed by atoms with E-state index in [1.54, 1.807) is 0 Å². The second-order valence-electron chi connectivity index (χ2n) is 5.08. The summed E-state index contributed by atoms with van der Waals surface area (Å²) in [5.74, 6) is -1.69. The largest absolute Gasteiger partial charge is 0.480 e. The molecule has 0 saturated heterocycles. The molecule has 8 heteroatoms. The molecule has 0 aliphatic heterocycles. The molecule has 0 bridgehead atoms. The predicted molar refractivity (Wildman–Crippen MR) is 76.4 cm³/mol. The maximum atomic E-state index is 12.1. The zero-order valence-corrected chi connectivity index (χ0v) is 12.1. The zero-order chi connectivity index (χ0) is 15.4. The summed E-state index contributed by atoms with van der Waals surface area (Å²) >= 11 is 0.745. The first-order valence-electron chi connectivity index (χ1n) is 6.77. The molecule has 1 aliphatic rings. The molecule has 2 N–H and O–H groups in total. The van der Waals surface area contributed by atoms with Crippen molar-refractivity contribution in [2.45, 2.75) is 38.1 Å². The fourth-order valence-electron chi connectivity index (χ4n) is 2.61. The Balaban J connectivity index is 2.06. The molecular weight excluding hydrogens is 296 g/mol. The minimum atomic E-state index is -1.05. The summed E-state index contributed by atoms with van der Waals surface area (Å²) in [6.07, 6.45) is 4.58. The van der Waals surface area contributed by atoms with Crippen LogP contribution in [0.3, 0.4) is 0 Å². The van der Waals surface area contributed by atoms with E-state index in [9.17, 15) is 24.8 Å². The van der Waals surface area contributed by atoms with Gasteiger partial charge in [-0.3, -0.25) is 14.9 Å². The number of hydrogen-bond acceptors (Lipinski definition) is 5. The summed E-state index contributed by atoms with van der Waals surface area (Å²) < 4.78 is 0. The predicted octanol–water partition coefficient (Wildman–Crippen LogP) is 2.42. The molecular formula is C13H16N2O5S. The third-order valence-corrected chi connectivity index (χ3v) is 4.71. The number of nitro groups is 1. The van der Waals surface area contributed by atoms with Gasteiger partial charge in [0.25, 0.3) is 5.91 Å². The molecule has 1 unspecified atom stereocenters. The van der Waals surface area contributed by atoms with E-state index in [4.69, 9.17) is 0 Å². The van der Waals surface area contributed by atoms with Crippen LogP contribution in [0.2, 0.25) is 0 Å². The quantitative estimate of drug-likeness (QED) is 0.641. The molecule has 0 radical (unpaired) electrons. The van der Waals surface area contributed by atoms with Crippen molar-refractivity contribution in [2.24, 2.45) is 5.92 Å². The zero-order valence-electron chi connectivity index (χ0n) is 11.3. The van der Waals surface area contributed by atoms with Crippen LogP contribution in [0.5, 0.6) is 0 Å². The lowest BCUT2D eigenvalue weighted by Gasteiger charge is -2.27. The number of amides is 1. The minimum Gasteiger partial charge on any atom is -0.480 e. The van der Waals surface area contributed by atoms with Gasteiger partial charge in [-0.25, -0.2) is 4.79 Å². The third kappa shape index (κ3) is 3.78. The molecule has 1 fully saturated rings. The lowest BCUT2D eigenvalue weighted by atomic mass is 9.84. The third-order valence-electron chi connectivity index (χ3n) is 3.67.